The Morgan fingerprint density at radius 2 is 2.18 bits per heavy atom. The second kappa shape index (κ2) is 9.15. The Morgan fingerprint density at radius 3 is 2.77 bits per heavy atom. The first-order valence-electron chi connectivity index (χ1n) is 7.66. The fourth-order valence-corrected chi connectivity index (χ4v) is 2.01. The number of nitrogens with one attached hydrogen (secondary N) is 2. The molecule has 0 aliphatic heterocycles. The highest BCUT2D eigenvalue weighted by Crippen LogP contribution is 2.23. The second-order valence-corrected chi connectivity index (χ2v) is 5.48. The summed E-state index contributed by atoms with van der Waals surface area (Å²) in [6, 6.07) is 5.78. The van der Waals surface area contributed by atoms with E-state index in [0.717, 1.165) is 18.8 Å². The van der Waals surface area contributed by atoms with E-state index in [2.05, 4.69) is 41.2 Å². The number of unbranched alkanes of at least 4 members (excludes halogenated alkanes) is 1. The van der Waals surface area contributed by atoms with E-state index in [1.54, 1.807) is 12.1 Å². The Balaban J connectivity index is 2.54. The molecule has 6 heteroatoms. The van der Waals surface area contributed by atoms with E-state index >= 15 is 0 Å². The van der Waals surface area contributed by atoms with E-state index in [-0.39, 0.29) is 0 Å². The predicted molar refractivity (Wildman–Crippen MR) is 92.4 cm³/mol. The number of benzene rings is 1. The number of carbonyl (C=O) groups is 1. The molecule has 0 fully saturated rings. The molecule has 0 radical (unpaired) electrons. The number of hydrogen-bond donors (Lipinski definition) is 3. The number of hydrogen-bond acceptors (Lipinski definition) is 5. The summed E-state index contributed by atoms with van der Waals surface area (Å²) in [6.45, 7) is 6.29. The van der Waals surface area contributed by atoms with Gasteiger partial charge in [-0.05, 0) is 45.1 Å². The van der Waals surface area contributed by atoms with Crippen LogP contribution in [0.5, 0.6) is 0 Å². The van der Waals surface area contributed by atoms with Gasteiger partial charge in [-0.2, -0.15) is 0 Å². The first-order valence-corrected chi connectivity index (χ1v) is 7.66. The van der Waals surface area contributed by atoms with Crippen molar-refractivity contribution in [2.75, 3.05) is 43.6 Å². The monoisotopic (exact) mass is 308 g/mol. The average Bonchev–Trinajstić information content (AvgIpc) is 2.51. The maximum absolute atomic E-state index is 11.2. The van der Waals surface area contributed by atoms with Crippen molar-refractivity contribution in [3.8, 4) is 0 Å². The van der Waals surface area contributed by atoms with Crippen LogP contribution in [-0.4, -0.2) is 44.3 Å². The number of ether oxygens (including phenoxy) is 1. The zero-order valence-electron chi connectivity index (χ0n) is 14.0. The SMILES string of the molecule is CCCCN(C)[C@H](C)CNc1ccc(NC(=O)OC)cc1N. The van der Waals surface area contributed by atoms with Crippen LogP contribution in [0, 0.1) is 0 Å². The van der Waals surface area contributed by atoms with Crippen LogP contribution in [0.15, 0.2) is 18.2 Å². The van der Waals surface area contributed by atoms with Gasteiger partial charge in [-0.1, -0.05) is 13.3 Å². The summed E-state index contributed by atoms with van der Waals surface area (Å²) in [5.74, 6) is 0. The summed E-state index contributed by atoms with van der Waals surface area (Å²) >= 11 is 0. The van der Waals surface area contributed by atoms with Crippen molar-refractivity contribution in [2.24, 2.45) is 0 Å². The van der Waals surface area contributed by atoms with Crippen molar-refractivity contribution >= 4 is 23.2 Å². The third kappa shape index (κ3) is 5.81. The normalized spacial score (nSPS) is 12.0. The highest BCUT2D eigenvalue weighted by Gasteiger charge is 2.09. The molecule has 4 N–H and O–H groups in total. The quantitative estimate of drug-likeness (QED) is 0.643. The molecular formula is C16H28N4O2. The lowest BCUT2D eigenvalue weighted by molar-refractivity contribution is 0.187. The summed E-state index contributed by atoms with van der Waals surface area (Å²) in [6.07, 6.45) is 1.90. The Morgan fingerprint density at radius 1 is 1.45 bits per heavy atom. The maximum Gasteiger partial charge on any atom is 0.411 e. The molecule has 0 aromatic heterocycles. The number of rotatable bonds is 8. The van der Waals surface area contributed by atoms with E-state index in [0.29, 0.717) is 17.4 Å². The zero-order valence-corrected chi connectivity index (χ0v) is 14.0. The lowest BCUT2D eigenvalue weighted by Gasteiger charge is -2.25. The van der Waals surface area contributed by atoms with E-state index < -0.39 is 6.09 Å². The van der Waals surface area contributed by atoms with Crippen LogP contribution < -0.4 is 16.4 Å². The number of methoxy groups -OCH3 is 1. The molecule has 124 valence electrons. The van der Waals surface area contributed by atoms with Gasteiger partial charge in [-0.25, -0.2) is 4.79 Å². The van der Waals surface area contributed by atoms with Crippen molar-refractivity contribution in [2.45, 2.75) is 32.7 Å². The Kier molecular flexibility index (Phi) is 7.52. The third-order valence-corrected chi connectivity index (χ3v) is 3.69. The molecule has 0 spiro atoms. The molecule has 0 aliphatic carbocycles. The molecule has 0 aliphatic rings. The van der Waals surface area contributed by atoms with Crippen LogP contribution in [0.2, 0.25) is 0 Å². The molecule has 6 nitrogen and oxygen atoms in total. The van der Waals surface area contributed by atoms with Crippen molar-refractivity contribution < 1.29 is 9.53 Å². The molecule has 1 amide bonds. The van der Waals surface area contributed by atoms with Gasteiger partial charge < -0.3 is 20.7 Å². The second-order valence-electron chi connectivity index (χ2n) is 5.48. The number of nitrogens with zero attached hydrogens (tertiary/aromatic N) is 1. The van der Waals surface area contributed by atoms with Crippen molar-refractivity contribution in [1.29, 1.82) is 0 Å². The number of likely N-dealkylation sites (N-methyl/N-ethyl adjacent to an activating group) is 1. The summed E-state index contributed by atoms with van der Waals surface area (Å²) in [5.41, 5.74) is 8.09. The third-order valence-electron chi connectivity index (χ3n) is 3.69. The standard InChI is InChI=1S/C16H28N4O2/c1-5-6-9-20(3)12(2)11-18-15-8-7-13(10-14(15)17)19-16(21)22-4/h7-8,10,12,18H,5-6,9,11,17H2,1-4H3,(H,19,21)/t12-/m1/s1. The molecule has 1 aromatic carbocycles. The van der Waals surface area contributed by atoms with Gasteiger partial charge in [-0.15, -0.1) is 0 Å². The molecule has 1 rings (SSSR count). The van der Waals surface area contributed by atoms with Gasteiger partial charge in [0.2, 0.25) is 0 Å². The number of nitrogen functional groups attached to an aromatic ring is 1. The summed E-state index contributed by atoms with van der Waals surface area (Å²) < 4.78 is 4.55. The van der Waals surface area contributed by atoms with Crippen LogP contribution in [0.25, 0.3) is 0 Å². The number of carbonyl (C=O) groups excluding carboxylic acids is 1. The van der Waals surface area contributed by atoms with Crippen LogP contribution in [0.4, 0.5) is 21.9 Å². The lowest BCUT2D eigenvalue weighted by Crippen LogP contribution is -2.35. The zero-order chi connectivity index (χ0) is 16.5. The summed E-state index contributed by atoms with van der Waals surface area (Å²) in [5, 5.41) is 5.94. The van der Waals surface area contributed by atoms with Crippen molar-refractivity contribution in [3.05, 3.63) is 18.2 Å². The van der Waals surface area contributed by atoms with Crippen LogP contribution in [0.3, 0.4) is 0 Å². The fourth-order valence-electron chi connectivity index (χ4n) is 2.01. The van der Waals surface area contributed by atoms with Crippen LogP contribution in [0.1, 0.15) is 26.7 Å². The van der Waals surface area contributed by atoms with E-state index in [4.69, 9.17) is 5.73 Å². The molecule has 1 atom stereocenters. The highest BCUT2D eigenvalue weighted by atomic mass is 16.5. The van der Waals surface area contributed by atoms with Crippen LogP contribution >= 0.6 is 0 Å². The Bertz CT molecular complexity index is 479. The molecular weight excluding hydrogens is 280 g/mol. The molecule has 0 saturated carbocycles. The van der Waals surface area contributed by atoms with Gasteiger partial charge in [0.15, 0.2) is 0 Å². The van der Waals surface area contributed by atoms with E-state index in [1.165, 1.54) is 20.0 Å². The minimum Gasteiger partial charge on any atom is -0.453 e. The van der Waals surface area contributed by atoms with Gasteiger partial charge in [0.05, 0.1) is 18.5 Å². The van der Waals surface area contributed by atoms with Gasteiger partial charge in [0.25, 0.3) is 0 Å². The molecule has 0 heterocycles. The fraction of sp³-hybridized carbons (Fsp3) is 0.562. The lowest BCUT2D eigenvalue weighted by atomic mass is 10.2. The maximum atomic E-state index is 11.2. The summed E-state index contributed by atoms with van der Waals surface area (Å²) in [7, 11) is 3.46. The largest absolute Gasteiger partial charge is 0.453 e. The molecule has 0 bridgehead atoms. The molecule has 22 heavy (non-hydrogen) atoms. The first-order chi connectivity index (χ1) is 10.5. The minimum atomic E-state index is -0.508. The van der Waals surface area contributed by atoms with Crippen LogP contribution in [-0.2, 0) is 4.74 Å². The summed E-state index contributed by atoms with van der Waals surface area (Å²) in [4.78, 5) is 13.5. The number of nitrogens with two attached hydrogens (primary N) is 1. The topological polar surface area (TPSA) is 79.6 Å². The van der Waals surface area contributed by atoms with E-state index in [9.17, 15) is 4.79 Å². The molecule has 1 aromatic rings. The molecule has 0 saturated heterocycles. The smallest absolute Gasteiger partial charge is 0.411 e. The highest BCUT2D eigenvalue weighted by molar-refractivity contribution is 5.86. The predicted octanol–water partition coefficient (Wildman–Crippen LogP) is 2.98. The van der Waals surface area contributed by atoms with Gasteiger partial charge in [-0.3, -0.25) is 5.32 Å². The van der Waals surface area contributed by atoms with Gasteiger partial charge in [0.1, 0.15) is 0 Å². The van der Waals surface area contributed by atoms with Gasteiger partial charge in [0, 0.05) is 18.3 Å². The van der Waals surface area contributed by atoms with Crippen molar-refractivity contribution in [3.63, 3.8) is 0 Å². The molecule has 0 unspecified atom stereocenters. The average molecular weight is 308 g/mol. The Hall–Kier alpha value is -1.95. The van der Waals surface area contributed by atoms with E-state index in [1.807, 2.05) is 6.07 Å². The first kappa shape index (κ1) is 18.1. The number of anilines is 3. The number of amides is 1. The van der Waals surface area contributed by atoms with Crippen molar-refractivity contribution in [1.82, 2.24) is 4.90 Å². The minimum absolute atomic E-state index is 0.416. The van der Waals surface area contributed by atoms with Gasteiger partial charge >= 0.3 is 6.09 Å². The Labute approximate surface area is 133 Å².